The number of carbonyl (C=O) groups excluding carboxylic acids is 1. The monoisotopic (exact) mass is 373 g/mol. The maximum absolute atomic E-state index is 12.4. The lowest BCUT2D eigenvalue weighted by Crippen LogP contribution is -2.09. The van der Waals surface area contributed by atoms with E-state index in [1.54, 1.807) is 37.4 Å². The van der Waals surface area contributed by atoms with Crippen LogP contribution in [0.3, 0.4) is 0 Å². The molecule has 2 aromatic carbocycles. The van der Waals surface area contributed by atoms with Gasteiger partial charge in [-0.3, -0.25) is 4.79 Å². The van der Waals surface area contributed by atoms with Crippen LogP contribution in [0.2, 0.25) is 0 Å². The van der Waals surface area contributed by atoms with Crippen LogP contribution in [0.1, 0.15) is 17.3 Å². The van der Waals surface area contributed by atoms with Gasteiger partial charge in [-0.2, -0.15) is 0 Å². The van der Waals surface area contributed by atoms with Gasteiger partial charge < -0.3 is 20.0 Å². The number of esters is 1. The summed E-state index contributed by atoms with van der Waals surface area (Å²) >= 11 is 0. The van der Waals surface area contributed by atoms with Crippen molar-refractivity contribution in [2.75, 3.05) is 11.9 Å². The normalized spacial score (nSPS) is 10.8. The quantitative estimate of drug-likeness (QED) is 0.451. The largest absolute Gasteiger partial charge is 0.462 e. The van der Waals surface area contributed by atoms with Crippen molar-refractivity contribution in [2.45, 2.75) is 6.92 Å². The predicted octanol–water partition coefficient (Wildman–Crippen LogP) is 4.44. The van der Waals surface area contributed by atoms with Gasteiger partial charge in [0, 0.05) is 34.5 Å². The van der Waals surface area contributed by atoms with E-state index in [2.05, 4.69) is 15.3 Å². The Labute approximate surface area is 161 Å². The zero-order valence-electron chi connectivity index (χ0n) is 15.3. The maximum atomic E-state index is 12.4. The molecule has 6 nitrogen and oxygen atoms in total. The van der Waals surface area contributed by atoms with Gasteiger partial charge in [0.2, 0.25) is 0 Å². The molecule has 6 heteroatoms. The van der Waals surface area contributed by atoms with E-state index in [9.17, 15) is 9.59 Å². The molecule has 2 aromatic heterocycles. The van der Waals surface area contributed by atoms with Crippen molar-refractivity contribution in [1.82, 2.24) is 9.97 Å². The average molecular weight is 373 g/mol. The third-order valence-electron chi connectivity index (χ3n) is 4.47. The summed E-state index contributed by atoms with van der Waals surface area (Å²) < 4.78 is 4.99. The molecule has 0 unspecified atom stereocenters. The number of nitrogens with one attached hydrogen (secondary N) is 3. The molecule has 3 N–H and O–H groups in total. The number of benzene rings is 2. The Morgan fingerprint density at radius 1 is 1.00 bits per heavy atom. The molecule has 0 amide bonds. The fraction of sp³-hybridized carbons (Fsp3) is 0.0909. The third-order valence-corrected chi connectivity index (χ3v) is 4.47. The first kappa shape index (κ1) is 17.6. The van der Waals surface area contributed by atoms with Crippen LogP contribution >= 0.6 is 0 Å². The van der Waals surface area contributed by atoms with E-state index < -0.39 is 0 Å². The molecule has 0 bridgehead atoms. The number of anilines is 2. The first-order valence-corrected chi connectivity index (χ1v) is 8.99. The summed E-state index contributed by atoms with van der Waals surface area (Å²) in [5.41, 5.74) is 4.30. The second kappa shape index (κ2) is 7.44. The van der Waals surface area contributed by atoms with Crippen LogP contribution in [-0.4, -0.2) is 22.5 Å². The van der Waals surface area contributed by atoms with Crippen LogP contribution in [0, 0.1) is 0 Å². The van der Waals surface area contributed by atoms with E-state index in [0.29, 0.717) is 17.7 Å². The fourth-order valence-electron chi connectivity index (χ4n) is 3.15. The summed E-state index contributed by atoms with van der Waals surface area (Å²) in [4.78, 5) is 30.1. The number of carbonyl (C=O) groups is 1. The minimum Gasteiger partial charge on any atom is -0.462 e. The molecule has 0 saturated carbocycles. The number of pyridine rings is 1. The van der Waals surface area contributed by atoms with Crippen molar-refractivity contribution in [3.63, 3.8) is 0 Å². The lowest BCUT2D eigenvalue weighted by atomic mass is 10.0. The molecule has 0 aliphatic rings. The first-order chi connectivity index (χ1) is 13.7. The molecule has 28 heavy (non-hydrogen) atoms. The molecule has 0 fully saturated rings. The Balaban J connectivity index is 1.64. The minimum atomic E-state index is -0.347. The van der Waals surface area contributed by atoms with Crippen LogP contribution < -0.4 is 10.9 Å². The van der Waals surface area contributed by atoms with Crippen LogP contribution in [0.15, 0.2) is 71.8 Å². The average Bonchev–Trinajstić information content (AvgIpc) is 3.19. The topological polar surface area (TPSA) is 87.0 Å². The van der Waals surface area contributed by atoms with Gasteiger partial charge in [0.1, 0.15) is 0 Å². The maximum Gasteiger partial charge on any atom is 0.338 e. The van der Waals surface area contributed by atoms with E-state index in [1.165, 1.54) is 0 Å². The number of hydrogen-bond acceptors (Lipinski definition) is 4. The van der Waals surface area contributed by atoms with Crippen LogP contribution in [0.4, 0.5) is 11.4 Å². The fourth-order valence-corrected chi connectivity index (χ4v) is 3.15. The van der Waals surface area contributed by atoms with Gasteiger partial charge in [0.05, 0.1) is 17.9 Å². The Morgan fingerprint density at radius 2 is 1.82 bits per heavy atom. The standard InChI is InChI=1S/C22H19N3O3/c1-2-28-22(27)14-6-8-15(9-7-14)25-16-12-19(21(26)24-13-16)17-4-3-5-20-18(17)10-11-23-20/h3-13,23,25H,2H2,1H3,(H,24,26). The Bertz CT molecular complexity index is 1190. The summed E-state index contributed by atoms with van der Waals surface area (Å²) in [6.07, 6.45) is 3.48. The van der Waals surface area contributed by atoms with Gasteiger partial charge in [-0.15, -0.1) is 0 Å². The van der Waals surface area contributed by atoms with Gasteiger partial charge >= 0.3 is 5.97 Å². The summed E-state index contributed by atoms with van der Waals surface area (Å²) in [6.45, 7) is 2.11. The minimum absolute atomic E-state index is 0.156. The Hall–Kier alpha value is -3.80. The van der Waals surface area contributed by atoms with Gasteiger partial charge in [0.15, 0.2) is 0 Å². The molecule has 4 rings (SSSR count). The van der Waals surface area contributed by atoms with Crippen molar-refractivity contribution in [3.8, 4) is 11.1 Å². The third kappa shape index (κ3) is 3.40. The highest BCUT2D eigenvalue weighted by Gasteiger charge is 2.10. The highest BCUT2D eigenvalue weighted by Crippen LogP contribution is 2.28. The summed E-state index contributed by atoms with van der Waals surface area (Å²) in [6, 6.07) is 16.6. The van der Waals surface area contributed by atoms with Gasteiger partial charge in [-0.25, -0.2) is 4.79 Å². The van der Waals surface area contributed by atoms with Crippen LogP contribution in [0.5, 0.6) is 0 Å². The van der Waals surface area contributed by atoms with Crippen LogP contribution in [0.25, 0.3) is 22.0 Å². The SMILES string of the molecule is CCOC(=O)c1ccc(Nc2c[nH]c(=O)c(-c3cccc4[nH]ccc34)c2)cc1. The van der Waals surface area contributed by atoms with E-state index in [0.717, 1.165) is 27.8 Å². The van der Waals surface area contributed by atoms with Crippen molar-refractivity contribution < 1.29 is 9.53 Å². The lowest BCUT2D eigenvalue weighted by Gasteiger charge is -2.10. The number of aromatic amines is 2. The van der Waals surface area contributed by atoms with E-state index in [1.807, 2.05) is 36.5 Å². The number of hydrogen-bond donors (Lipinski definition) is 3. The number of H-pyrrole nitrogens is 2. The van der Waals surface area contributed by atoms with Crippen molar-refractivity contribution in [1.29, 1.82) is 0 Å². The van der Waals surface area contributed by atoms with Crippen molar-refractivity contribution in [2.24, 2.45) is 0 Å². The zero-order valence-corrected chi connectivity index (χ0v) is 15.3. The molecule has 2 heterocycles. The molecule has 4 aromatic rings. The van der Waals surface area contributed by atoms with Gasteiger partial charge in [-0.1, -0.05) is 12.1 Å². The van der Waals surface area contributed by atoms with Gasteiger partial charge in [-0.05, 0) is 55.0 Å². The molecular weight excluding hydrogens is 354 g/mol. The van der Waals surface area contributed by atoms with Crippen LogP contribution in [-0.2, 0) is 4.74 Å². The lowest BCUT2D eigenvalue weighted by molar-refractivity contribution is 0.0526. The number of aromatic nitrogens is 2. The van der Waals surface area contributed by atoms with Gasteiger partial charge in [0.25, 0.3) is 5.56 Å². The smallest absolute Gasteiger partial charge is 0.338 e. The van der Waals surface area contributed by atoms with Crippen molar-refractivity contribution >= 4 is 28.2 Å². The number of rotatable bonds is 5. The van der Waals surface area contributed by atoms with E-state index in [-0.39, 0.29) is 11.5 Å². The summed E-state index contributed by atoms with van der Waals surface area (Å²) in [7, 11) is 0. The highest BCUT2D eigenvalue weighted by atomic mass is 16.5. The molecule has 0 radical (unpaired) electrons. The molecule has 140 valence electrons. The molecule has 0 saturated heterocycles. The Morgan fingerprint density at radius 3 is 2.61 bits per heavy atom. The Kier molecular flexibility index (Phi) is 4.68. The summed E-state index contributed by atoms with van der Waals surface area (Å²) in [5, 5.41) is 4.24. The first-order valence-electron chi connectivity index (χ1n) is 8.99. The van der Waals surface area contributed by atoms with E-state index in [4.69, 9.17) is 4.74 Å². The van der Waals surface area contributed by atoms with Crippen molar-refractivity contribution in [3.05, 3.63) is 82.9 Å². The number of fused-ring (bicyclic) bond motifs is 1. The summed E-state index contributed by atoms with van der Waals surface area (Å²) in [5.74, 6) is -0.347. The molecule has 0 aliphatic carbocycles. The molecule has 0 aliphatic heterocycles. The predicted molar refractivity (Wildman–Crippen MR) is 110 cm³/mol. The second-order valence-electron chi connectivity index (χ2n) is 6.30. The highest BCUT2D eigenvalue weighted by molar-refractivity contribution is 5.95. The van der Waals surface area contributed by atoms with E-state index >= 15 is 0 Å². The zero-order chi connectivity index (χ0) is 19.5. The molecular formula is C22H19N3O3. The molecule has 0 atom stereocenters. The number of ether oxygens (including phenoxy) is 1. The second-order valence-corrected chi connectivity index (χ2v) is 6.30. The molecule has 0 spiro atoms.